The average Bonchev–Trinajstić information content (AvgIpc) is 2.23. The minimum Gasteiger partial charge on any atom is -0.466 e. The molecule has 0 saturated heterocycles. The molecule has 0 aromatic carbocycles. The molecule has 0 amide bonds. The standard InChI is InChI=1S/C14H26O2/c1-4-5-6-7-10-13(2)11-8-9-12-16-14(3)15/h7,10,13H,4-6,8-9,11-12H2,1-3H3/b10-7+/t13-/m0/s1. The second-order valence-corrected chi connectivity index (χ2v) is 4.38. The predicted molar refractivity (Wildman–Crippen MR) is 68.3 cm³/mol. The summed E-state index contributed by atoms with van der Waals surface area (Å²) in [5.41, 5.74) is 0. The molecular weight excluding hydrogens is 200 g/mol. The molecule has 0 unspecified atom stereocenters. The summed E-state index contributed by atoms with van der Waals surface area (Å²) in [6, 6.07) is 0. The van der Waals surface area contributed by atoms with E-state index in [1.807, 2.05) is 0 Å². The Morgan fingerprint density at radius 1 is 1.31 bits per heavy atom. The Labute approximate surface area is 100 Å². The van der Waals surface area contributed by atoms with E-state index in [-0.39, 0.29) is 5.97 Å². The van der Waals surface area contributed by atoms with Gasteiger partial charge in [0.15, 0.2) is 0 Å². The van der Waals surface area contributed by atoms with Crippen molar-refractivity contribution in [3.8, 4) is 0 Å². The first-order valence-electron chi connectivity index (χ1n) is 6.46. The number of hydrogen-bond donors (Lipinski definition) is 0. The van der Waals surface area contributed by atoms with Crippen LogP contribution in [0.1, 0.15) is 59.3 Å². The molecular formula is C14H26O2. The third-order valence-electron chi connectivity index (χ3n) is 2.55. The molecule has 0 aliphatic carbocycles. The Balaban J connectivity index is 3.32. The Bertz CT molecular complexity index is 197. The summed E-state index contributed by atoms with van der Waals surface area (Å²) in [6.07, 6.45) is 11.6. The molecule has 0 bridgehead atoms. The fraction of sp³-hybridized carbons (Fsp3) is 0.786. The number of ether oxygens (including phenoxy) is 1. The summed E-state index contributed by atoms with van der Waals surface area (Å²) in [7, 11) is 0. The van der Waals surface area contributed by atoms with Gasteiger partial charge in [-0.2, -0.15) is 0 Å². The SMILES string of the molecule is CCCC/C=C/[C@H](C)CCCCOC(C)=O. The fourth-order valence-corrected chi connectivity index (χ4v) is 1.53. The summed E-state index contributed by atoms with van der Waals surface area (Å²) in [4.78, 5) is 10.5. The van der Waals surface area contributed by atoms with Crippen LogP contribution in [0.4, 0.5) is 0 Å². The van der Waals surface area contributed by atoms with Gasteiger partial charge in [0.25, 0.3) is 0 Å². The van der Waals surface area contributed by atoms with E-state index in [1.165, 1.54) is 32.6 Å². The van der Waals surface area contributed by atoms with Crippen molar-refractivity contribution in [2.75, 3.05) is 6.61 Å². The highest BCUT2D eigenvalue weighted by atomic mass is 16.5. The summed E-state index contributed by atoms with van der Waals surface area (Å²) < 4.78 is 4.88. The van der Waals surface area contributed by atoms with Crippen LogP contribution in [0, 0.1) is 5.92 Å². The molecule has 0 aliphatic rings. The van der Waals surface area contributed by atoms with Crippen LogP contribution in [0.3, 0.4) is 0 Å². The number of carbonyl (C=O) groups excluding carboxylic acids is 1. The zero-order valence-corrected chi connectivity index (χ0v) is 11.0. The minimum atomic E-state index is -0.174. The van der Waals surface area contributed by atoms with Gasteiger partial charge < -0.3 is 4.74 Å². The second-order valence-electron chi connectivity index (χ2n) is 4.38. The van der Waals surface area contributed by atoms with Gasteiger partial charge in [-0.25, -0.2) is 0 Å². The highest BCUT2D eigenvalue weighted by molar-refractivity contribution is 5.65. The molecule has 0 radical (unpaired) electrons. The molecule has 0 aromatic heterocycles. The molecule has 0 aliphatic heterocycles. The number of unbranched alkanes of at least 4 members (excludes halogenated alkanes) is 3. The van der Waals surface area contributed by atoms with Gasteiger partial charge in [0.1, 0.15) is 0 Å². The molecule has 0 N–H and O–H groups in total. The molecule has 0 spiro atoms. The molecule has 0 heterocycles. The van der Waals surface area contributed by atoms with E-state index < -0.39 is 0 Å². The molecule has 0 saturated carbocycles. The van der Waals surface area contributed by atoms with Crippen LogP contribution in [0.5, 0.6) is 0 Å². The highest BCUT2D eigenvalue weighted by Gasteiger charge is 1.98. The van der Waals surface area contributed by atoms with Crippen molar-refractivity contribution in [2.24, 2.45) is 5.92 Å². The van der Waals surface area contributed by atoms with Crippen LogP contribution in [-0.4, -0.2) is 12.6 Å². The van der Waals surface area contributed by atoms with Crippen molar-refractivity contribution >= 4 is 5.97 Å². The van der Waals surface area contributed by atoms with Gasteiger partial charge in [-0.1, -0.05) is 38.8 Å². The number of allylic oxidation sites excluding steroid dienone is 2. The maximum atomic E-state index is 10.5. The molecule has 0 fully saturated rings. The molecule has 0 rings (SSSR count). The van der Waals surface area contributed by atoms with E-state index in [2.05, 4.69) is 26.0 Å². The number of carbonyl (C=O) groups is 1. The summed E-state index contributed by atoms with van der Waals surface area (Å²) >= 11 is 0. The lowest BCUT2D eigenvalue weighted by Crippen LogP contribution is -2.01. The molecule has 94 valence electrons. The Morgan fingerprint density at radius 3 is 2.69 bits per heavy atom. The fourth-order valence-electron chi connectivity index (χ4n) is 1.53. The van der Waals surface area contributed by atoms with Gasteiger partial charge in [-0.3, -0.25) is 4.79 Å². The average molecular weight is 226 g/mol. The van der Waals surface area contributed by atoms with E-state index in [4.69, 9.17) is 4.74 Å². The van der Waals surface area contributed by atoms with E-state index >= 15 is 0 Å². The zero-order valence-electron chi connectivity index (χ0n) is 11.0. The first kappa shape index (κ1) is 15.2. The van der Waals surface area contributed by atoms with Gasteiger partial charge in [-0.05, 0) is 31.6 Å². The maximum Gasteiger partial charge on any atom is 0.302 e. The lowest BCUT2D eigenvalue weighted by Gasteiger charge is -2.06. The van der Waals surface area contributed by atoms with Crippen LogP contribution >= 0.6 is 0 Å². The van der Waals surface area contributed by atoms with Gasteiger partial charge in [0, 0.05) is 6.92 Å². The first-order chi connectivity index (χ1) is 7.66. The summed E-state index contributed by atoms with van der Waals surface area (Å²) in [5, 5.41) is 0. The molecule has 1 atom stereocenters. The normalized spacial score (nSPS) is 12.9. The van der Waals surface area contributed by atoms with E-state index in [1.54, 1.807) is 0 Å². The topological polar surface area (TPSA) is 26.3 Å². The predicted octanol–water partition coefficient (Wildman–Crippen LogP) is 4.10. The van der Waals surface area contributed by atoms with Gasteiger partial charge in [-0.15, -0.1) is 0 Å². The van der Waals surface area contributed by atoms with Crippen molar-refractivity contribution < 1.29 is 9.53 Å². The first-order valence-corrected chi connectivity index (χ1v) is 6.46. The summed E-state index contributed by atoms with van der Waals surface area (Å²) in [5.74, 6) is 0.474. The second kappa shape index (κ2) is 10.7. The Hall–Kier alpha value is -0.790. The largest absolute Gasteiger partial charge is 0.466 e. The minimum absolute atomic E-state index is 0.174. The molecule has 16 heavy (non-hydrogen) atoms. The lowest BCUT2D eigenvalue weighted by molar-refractivity contribution is -0.141. The van der Waals surface area contributed by atoms with Crippen molar-refractivity contribution in [1.29, 1.82) is 0 Å². The Morgan fingerprint density at radius 2 is 2.06 bits per heavy atom. The van der Waals surface area contributed by atoms with Crippen LogP contribution in [0.15, 0.2) is 12.2 Å². The van der Waals surface area contributed by atoms with Gasteiger partial charge in [0.2, 0.25) is 0 Å². The van der Waals surface area contributed by atoms with Crippen LogP contribution in [0.2, 0.25) is 0 Å². The van der Waals surface area contributed by atoms with E-state index in [0.717, 1.165) is 12.8 Å². The van der Waals surface area contributed by atoms with Gasteiger partial charge >= 0.3 is 5.97 Å². The molecule has 2 heteroatoms. The zero-order chi connectivity index (χ0) is 12.2. The number of hydrogen-bond acceptors (Lipinski definition) is 2. The third kappa shape index (κ3) is 11.3. The molecule has 0 aromatic rings. The van der Waals surface area contributed by atoms with Gasteiger partial charge in [0.05, 0.1) is 6.61 Å². The van der Waals surface area contributed by atoms with Crippen molar-refractivity contribution in [2.45, 2.75) is 59.3 Å². The number of esters is 1. The van der Waals surface area contributed by atoms with Crippen LogP contribution in [0.25, 0.3) is 0 Å². The van der Waals surface area contributed by atoms with Crippen LogP contribution in [-0.2, 0) is 9.53 Å². The maximum absolute atomic E-state index is 10.5. The Kier molecular flexibility index (Phi) is 10.2. The summed E-state index contributed by atoms with van der Waals surface area (Å²) in [6.45, 7) is 6.49. The van der Waals surface area contributed by atoms with E-state index in [0.29, 0.717) is 12.5 Å². The lowest BCUT2D eigenvalue weighted by atomic mass is 10.0. The molecule has 2 nitrogen and oxygen atoms in total. The van der Waals surface area contributed by atoms with Crippen molar-refractivity contribution in [3.63, 3.8) is 0 Å². The monoisotopic (exact) mass is 226 g/mol. The highest BCUT2D eigenvalue weighted by Crippen LogP contribution is 2.10. The van der Waals surface area contributed by atoms with Crippen LogP contribution < -0.4 is 0 Å². The quantitative estimate of drug-likeness (QED) is 0.336. The van der Waals surface area contributed by atoms with Crippen molar-refractivity contribution in [1.82, 2.24) is 0 Å². The smallest absolute Gasteiger partial charge is 0.302 e. The van der Waals surface area contributed by atoms with Crippen molar-refractivity contribution in [3.05, 3.63) is 12.2 Å². The van der Waals surface area contributed by atoms with E-state index in [9.17, 15) is 4.79 Å². The number of rotatable bonds is 9. The third-order valence-corrected chi connectivity index (χ3v) is 2.55.